The molecule has 0 bridgehead atoms. The van der Waals surface area contributed by atoms with Gasteiger partial charge in [0.1, 0.15) is 4.90 Å². The second kappa shape index (κ2) is 7.93. The first kappa shape index (κ1) is 21.0. The van der Waals surface area contributed by atoms with Crippen molar-refractivity contribution < 1.29 is 13.2 Å². The Morgan fingerprint density at radius 1 is 0.964 bits per heavy atom. The van der Waals surface area contributed by atoms with Gasteiger partial charge in [0.15, 0.2) is 5.69 Å². The van der Waals surface area contributed by atoms with E-state index in [2.05, 4.69) is 5.10 Å². The van der Waals surface area contributed by atoms with Crippen LogP contribution in [0.2, 0.25) is 20.1 Å². The number of benzene rings is 2. The molecule has 0 saturated carbocycles. The number of carbonyl (C=O) groups excluding carboxylic acids is 1. The maximum absolute atomic E-state index is 12.5. The number of nitrogens with zero attached hydrogens (tertiary/aromatic N) is 2. The molecule has 0 aliphatic heterocycles. The summed E-state index contributed by atoms with van der Waals surface area (Å²) in [6, 6.07) is 10.2. The fourth-order valence-electron chi connectivity index (χ4n) is 2.46. The molecule has 1 N–H and O–H groups in total. The predicted molar refractivity (Wildman–Crippen MR) is 110 cm³/mol. The van der Waals surface area contributed by atoms with Gasteiger partial charge in [-0.2, -0.15) is 5.10 Å². The second-order valence-electron chi connectivity index (χ2n) is 5.71. The highest BCUT2D eigenvalue weighted by molar-refractivity contribution is 7.90. The van der Waals surface area contributed by atoms with Gasteiger partial charge in [-0.25, -0.2) is 13.1 Å². The molecule has 0 radical (unpaired) electrons. The number of nitrogens with one attached hydrogen (secondary N) is 1. The maximum Gasteiger partial charge on any atom is 0.285 e. The summed E-state index contributed by atoms with van der Waals surface area (Å²) in [4.78, 5) is 12.2. The summed E-state index contributed by atoms with van der Waals surface area (Å²) in [5.41, 5.74) is 1.02. The molecule has 1 heterocycles. The second-order valence-corrected chi connectivity index (χ2v) is 9.07. The van der Waals surface area contributed by atoms with Gasteiger partial charge in [0.05, 0.1) is 10.7 Å². The van der Waals surface area contributed by atoms with Crippen molar-refractivity contribution in [2.24, 2.45) is 7.05 Å². The fraction of sp³-hybridized carbons (Fsp3) is 0.0588. The van der Waals surface area contributed by atoms with Crippen molar-refractivity contribution in [1.82, 2.24) is 14.5 Å². The van der Waals surface area contributed by atoms with E-state index in [0.717, 1.165) is 6.07 Å². The summed E-state index contributed by atoms with van der Waals surface area (Å²) < 4.78 is 28.3. The Bertz CT molecular complexity index is 1170. The van der Waals surface area contributed by atoms with E-state index in [4.69, 9.17) is 46.4 Å². The number of aromatic nitrogens is 2. The smallest absolute Gasteiger partial charge is 0.267 e. The molecule has 0 unspecified atom stereocenters. The molecule has 11 heteroatoms. The minimum absolute atomic E-state index is 0.0695. The van der Waals surface area contributed by atoms with Crippen molar-refractivity contribution >= 4 is 62.3 Å². The molecule has 28 heavy (non-hydrogen) atoms. The van der Waals surface area contributed by atoms with E-state index in [-0.39, 0.29) is 20.6 Å². The van der Waals surface area contributed by atoms with Crippen molar-refractivity contribution in [2.75, 3.05) is 0 Å². The Morgan fingerprint density at radius 2 is 1.61 bits per heavy atom. The normalized spacial score (nSPS) is 11.5. The monoisotopic (exact) mass is 477 g/mol. The van der Waals surface area contributed by atoms with E-state index in [9.17, 15) is 13.2 Å². The van der Waals surface area contributed by atoms with Gasteiger partial charge in [0, 0.05) is 27.7 Å². The lowest BCUT2D eigenvalue weighted by atomic mass is 10.1. The highest BCUT2D eigenvalue weighted by Crippen LogP contribution is 2.28. The van der Waals surface area contributed by atoms with Gasteiger partial charge < -0.3 is 0 Å². The van der Waals surface area contributed by atoms with Crippen LogP contribution in [0.25, 0.3) is 11.3 Å². The van der Waals surface area contributed by atoms with E-state index in [1.807, 2.05) is 4.72 Å². The van der Waals surface area contributed by atoms with Crippen molar-refractivity contribution in [3.8, 4) is 11.3 Å². The maximum atomic E-state index is 12.5. The highest BCUT2D eigenvalue weighted by Gasteiger charge is 2.24. The predicted octanol–water partition coefficient (Wildman–Crippen LogP) is 4.82. The number of halogens is 4. The molecule has 6 nitrogen and oxygen atoms in total. The lowest BCUT2D eigenvalue weighted by molar-refractivity contribution is 0.0976. The number of aryl methyl sites for hydroxylation is 1. The summed E-state index contributed by atoms with van der Waals surface area (Å²) in [5, 5.41) is 4.97. The summed E-state index contributed by atoms with van der Waals surface area (Å²) >= 11 is 23.8. The zero-order valence-electron chi connectivity index (χ0n) is 14.1. The standard InChI is InChI=1S/C17H11Cl4N3O3S/c1-24-15(9-4-11(19)6-12(20)5-9)8-14(22-24)17(25)23-28(26,27)16-7-10(18)2-3-13(16)21/h2-8H,1H3,(H,23,25). The molecule has 146 valence electrons. The molecule has 0 saturated heterocycles. The van der Waals surface area contributed by atoms with E-state index in [0.29, 0.717) is 21.3 Å². The highest BCUT2D eigenvalue weighted by atomic mass is 35.5. The molecular formula is C17H11Cl4N3O3S. The molecule has 0 atom stereocenters. The molecule has 2 aromatic carbocycles. The molecule has 0 aliphatic rings. The van der Waals surface area contributed by atoms with Crippen LogP contribution < -0.4 is 4.72 Å². The first-order valence-electron chi connectivity index (χ1n) is 7.59. The van der Waals surface area contributed by atoms with Gasteiger partial charge >= 0.3 is 0 Å². The van der Waals surface area contributed by atoms with Gasteiger partial charge in [-0.05, 0) is 42.5 Å². The Kier molecular flexibility index (Phi) is 5.93. The van der Waals surface area contributed by atoms with Gasteiger partial charge in [-0.1, -0.05) is 46.4 Å². The topological polar surface area (TPSA) is 81.1 Å². The molecule has 1 aromatic heterocycles. The zero-order valence-corrected chi connectivity index (χ0v) is 17.9. The van der Waals surface area contributed by atoms with Crippen molar-refractivity contribution in [3.63, 3.8) is 0 Å². The van der Waals surface area contributed by atoms with Crippen molar-refractivity contribution in [3.05, 3.63) is 68.2 Å². The van der Waals surface area contributed by atoms with E-state index >= 15 is 0 Å². The van der Waals surface area contributed by atoms with Crippen LogP contribution in [0.4, 0.5) is 0 Å². The number of carbonyl (C=O) groups is 1. The lowest BCUT2D eigenvalue weighted by Crippen LogP contribution is -2.31. The number of hydrogen-bond acceptors (Lipinski definition) is 4. The first-order chi connectivity index (χ1) is 13.1. The van der Waals surface area contributed by atoms with Crippen LogP contribution >= 0.6 is 46.4 Å². The molecule has 0 spiro atoms. The summed E-state index contributed by atoms with van der Waals surface area (Å²) in [6.45, 7) is 0. The van der Waals surface area contributed by atoms with Crippen LogP contribution in [0, 0.1) is 0 Å². The molecule has 3 aromatic rings. The van der Waals surface area contributed by atoms with E-state index in [1.54, 1.807) is 25.2 Å². The third-order valence-electron chi connectivity index (χ3n) is 3.68. The fourth-order valence-corrected chi connectivity index (χ4v) is 4.71. The molecule has 0 fully saturated rings. The third kappa shape index (κ3) is 4.45. The van der Waals surface area contributed by atoms with Crippen LogP contribution in [0.3, 0.4) is 0 Å². The van der Waals surface area contributed by atoms with Gasteiger partial charge in [0.25, 0.3) is 15.9 Å². The van der Waals surface area contributed by atoms with Crippen LogP contribution in [0.15, 0.2) is 47.4 Å². The molecule has 3 rings (SSSR count). The quantitative estimate of drug-likeness (QED) is 0.582. The minimum atomic E-state index is -4.25. The minimum Gasteiger partial charge on any atom is -0.267 e. The molecular weight excluding hydrogens is 468 g/mol. The summed E-state index contributed by atoms with van der Waals surface area (Å²) in [6.07, 6.45) is 0. The Labute approximate surface area is 181 Å². The van der Waals surface area contributed by atoms with Crippen LogP contribution in [-0.4, -0.2) is 24.1 Å². The largest absolute Gasteiger partial charge is 0.285 e. The van der Waals surface area contributed by atoms with Crippen molar-refractivity contribution in [1.29, 1.82) is 0 Å². The average molecular weight is 479 g/mol. The van der Waals surface area contributed by atoms with Gasteiger partial charge in [-0.3, -0.25) is 9.48 Å². The number of amides is 1. The Morgan fingerprint density at radius 3 is 2.25 bits per heavy atom. The van der Waals surface area contributed by atoms with Crippen LogP contribution in [0.1, 0.15) is 10.5 Å². The van der Waals surface area contributed by atoms with Gasteiger partial charge in [-0.15, -0.1) is 0 Å². The van der Waals surface area contributed by atoms with Crippen molar-refractivity contribution in [2.45, 2.75) is 4.90 Å². The first-order valence-corrected chi connectivity index (χ1v) is 10.6. The number of sulfonamides is 1. The van der Waals surface area contributed by atoms with Crippen LogP contribution in [0.5, 0.6) is 0 Å². The summed E-state index contributed by atoms with van der Waals surface area (Å²) in [7, 11) is -2.65. The molecule has 1 amide bonds. The van der Waals surface area contributed by atoms with E-state index < -0.39 is 15.9 Å². The summed E-state index contributed by atoms with van der Waals surface area (Å²) in [5.74, 6) is -0.925. The average Bonchev–Trinajstić information content (AvgIpc) is 2.98. The number of rotatable bonds is 4. The third-order valence-corrected chi connectivity index (χ3v) is 6.16. The SMILES string of the molecule is Cn1nc(C(=O)NS(=O)(=O)c2cc(Cl)ccc2Cl)cc1-c1cc(Cl)cc(Cl)c1. The van der Waals surface area contributed by atoms with E-state index in [1.165, 1.54) is 22.9 Å². The lowest BCUT2D eigenvalue weighted by Gasteiger charge is -2.07. The number of hydrogen-bond donors (Lipinski definition) is 1. The van der Waals surface area contributed by atoms with Gasteiger partial charge in [0.2, 0.25) is 0 Å². The zero-order chi connectivity index (χ0) is 20.6. The molecule has 0 aliphatic carbocycles. The van der Waals surface area contributed by atoms with Crippen LogP contribution in [-0.2, 0) is 17.1 Å². The Balaban J connectivity index is 1.92. The Hall–Kier alpha value is -1.77.